The highest BCUT2D eigenvalue weighted by atomic mass is 16.5. The average molecular weight is 477 g/mol. The standard InChI is InChI=1S/C26H28N4O5/c1-34-22-8-5-6-19(14-22)17-29-25(32)23-15-20(7-3-4-13-27-23)24(31)28-16-18-9-11-21(12-10-18)30-26(33)35-2/h5-15H,3-4,16-17H2,1-2H3,(H,28,31)(H,29,32)(H,30,33)/b20-7+,23-15-,27-13?. The van der Waals surface area contributed by atoms with Crippen molar-refractivity contribution in [2.45, 2.75) is 25.9 Å². The van der Waals surface area contributed by atoms with E-state index in [1.807, 2.05) is 24.3 Å². The van der Waals surface area contributed by atoms with Crippen molar-refractivity contribution in [3.63, 3.8) is 0 Å². The number of benzene rings is 2. The van der Waals surface area contributed by atoms with Crippen LogP contribution in [0.5, 0.6) is 5.75 Å². The van der Waals surface area contributed by atoms with Crippen molar-refractivity contribution >= 4 is 29.8 Å². The lowest BCUT2D eigenvalue weighted by Gasteiger charge is -2.11. The number of ether oxygens (including phenoxy) is 2. The van der Waals surface area contributed by atoms with Crippen molar-refractivity contribution < 1.29 is 23.9 Å². The van der Waals surface area contributed by atoms with Gasteiger partial charge in [0.05, 0.1) is 14.2 Å². The normalized spacial score (nSPS) is 15.8. The molecule has 0 bridgehead atoms. The Hall–Kier alpha value is -4.40. The molecule has 9 heteroatoms. The molecule has 0 aromatic heterocycles. The maximum Gasteiger partial charge on any atom is 0.411 e. The van der Waals surface area contributed by atoms with Crippen LogP contribution < -0.4 is 20.7 Å². The Morgan fingerprint density at radius 3 is 2.40 bits per heavy atom. The molecule has 1 aliphatic rings. The first-order valence-corrected chi connectivity index (χ1v) is 11.1. The molecular formula is C26H28N4O5. The van der Waals surface area contributed by atoms with E-state index in [2.05, 4.69) is 25.7 Å². The van der Waals surface area contributed by atoms with Gasteiger partial charge in [-0.15, -0.1) is 0 Å². The molecule has 2 aromatic carbocycles. The Balaban J connectivity index is 1.61. The molecule has 1 heterocycles. The Labute approximate surface area is 203 Å². The molecule has 0 fully saturated rings. The number of rotatable bonds is 8. The molecule has 3 amide bonds. The van der Waals surface area contributed by atoms with Gasteiger partial charge in [-0.05, 0) is 54.3 Å². The summed E-state index contributed by atoms with van der Waals surface area (Å²) in [5, 5.41) is 8.26. The highest BCUT2D eigenvalue weighted by Crippen LogP contribution is 2.15. The monoisotopic (exact) mass is 476 g/mol. The minimum Gasteiger partial charge on any atom is -0.497 e. The first-order valence-electron chi connectivity index (χ1n) is 11.1. The zero-order chi connectivity index (χ0) is 25.0. The van der Waals surface area contributed by atoms with Crippen molar-refractivity contribution in [1.29, 1.82) is 0 Å². The maximum atomic E-state index is 12.8. The Morgan fingerprint density at radius 2 is 1.66 bits per heavy atom. The fourth-order valence-electron chi connectivity index (χ4n) is 3.22. The third-order valence-electron chi connectivity index (χ3n) is 5.10. The lowest BCUT2D eigenvalue weighted by Crippen LogP contribution is -2.27. The largest absolute Gasteiger partial charge is 0.497 e. The number of nitrogens with one attached hydrogen (secondary N) is 3. The Kier molecular flexibility index (Phi) is 9.18. The van der Waals surface area contributed by atoms with Gasteiger partial charge in [-0.2, -0.15) is 0 Å². The van der Waals surface area contributed by atoms with Crippen LogP contribution in [-0.4, -0.2) is 38.3 Å². The van der Waals surface area contributed by atoms with E-state index in [1.54, 1.807) is 43.7 Å². The van der Waals surface area contributed by atoms with E-state index in [9.17, 15) is 14.4 Å². The SMILES string of the molecule is COC(=O)Nc1ccc(CNC(=O)C2=C/CCC=N/C(C(=O)NCc3cccc(OC)c3)=C\2)cc1. The number of anilines is 1. The highest BCUT2D eigenvalue weighted by Gasteiger charge is 2.14. The first-order chi connectivity index (χ1) is 17.0. The van der Waals surface area contributed by atoms with Crippen molar-refractivity contribution in [2.24, 2.45) is 4.99 Å². The molecule has 0 spiro atoms. The second kappa shape index (κ2) is 12.7. The van der Waals surface area contributed by atoms with Gasteiger partial charge in [0.1, 0.15) is 11.4 Å². The molecule has 35 heavy (non-hydrogen) atoms. The maximum absolute atomic E-state index is 12.8. The minimum atomic E-state index is -0.556. The van der Waals surface area contributed by atoms with Crippen LogP contribution in [0.3, 0.4) is 0 Å². The molecule has 9 nitrogen and oxygen atoms in total. The molecule has 2 aromatic rings. The molecule has 3 N–H and O–H groups in total. The van der Waals surface area contributed by atoms with Gasteiger partial charge in [0, 0.05) is 30.6 Å². The number of hydrogen-bond donors (Lipinski definition) is 3. The van der Waals surface area contributed by atoms with Gasteiger partial charge in [0.25, 0.3) is 11.8 Å². The van der Waals surface area contributed by atoms with Crippen molar-refractivity contribution in [3.8, 4) is 5.75 Å². The van der Waals surface area contributed by atoms with E-state index in [0.29, 0.717) is 36.4 Å². The van der Waals surface area contributed by atoms with Crippen LogP contribution in [0, 0.1) is 0 Å². The molecule has 1 aliphatic heterocycles. The molecule has 0 radical (unpaired) electrons. The summed E-state index contributed by atoms with van der Waals surface area (Å²) in [5.74, 6) is 0.0199. The van der Waals surface area contributed by atoms with Gasteiger partial charge in [0.2, 0.25) is 0 Å². The van der Waals surface area contributed by atoms with E-state index >= 15 is 0 Å². The third kappa shape index (κ3) is 7.85. The van der Waals surface area contributed by atoms with Crippen LogP contribution in [0.4, 0.5) is 10.5 Å². The number of amides is 3. The number of aliphatic imine (C=N–C) groups is 1. The third-order valence-corrected chi connectivity index (χ3v) is 5.10. The molecule has 3 rings (SSSR count). The summed E-state index contributed by atoms with van der Waals surface area (Å²) in [6.45, 7) is 0.581. The van der Waals surface area contributed by atoms with Crippen LogP contribution in [-0.2, 0) is 27.4 Å². The molecule has 0 saturated carbocycles. The Morgan fingerprint density at radius 1 is 0.914 bits per heavy atom. The van der Waals surface area contributed by atoms with Crippen LogP contribution >= 0.6 is 0 Å². The van der Waals surface area contributed by atoms with E-state index in [1.165, 1.54) is 13.2 Å². The number of nitrogens with zero attached hydrogens (tertiary/aromatic N) is 1. The molecule has 0 atom stereocenters. The van der Waals surface area contributed by atoms with Gasteiger partial charge in [0.15, 0.2) is 0 Å². The molecular weight excluding hydrogens is 448 g/mol. The summed E-state index contributed by atoms with van der Waals surface area (Å²) in [5.41, 5.74) is 2.84. The quantitative estimate of drug-likeness (QED) is 0.539. The number of carbonyl (C=O) groups is 3. The van der Waals surface area contributed by atoms with Crippen LogP contribution in [0.2, 0.25) is 0 Å². The lowest BCUT2D eigenvalue weighted by molar-refractivity contribution is -0.117. The average Bonchev–Trinajstić information content (AvgIpc) is 2.86. The number of methoxy groups -OCH3 is 2. The van der Waals surface area contributed by atoms with E-state index in [4.69, 9.17) is 4.74 Å². The van der Waals surface area contributed by atoms with Crippen LogP contribution in [0.1, 0.15) is 24.0 Å². The number of allylic oxidation sites excluding steroid dienone is 1. The fourth-order valence-corrected chi connectivity index (χ4v) is 3.22. The molecule has 182 valence electrons. The predicted molar refractivity (Wildman–Crippen MR) is 133 cm³/mol. The summed E-state index contributed by atoms with van der Waals surface area (Å²) >= 11 is 0. The second-order valence-electron chi connectivity index (χ2n) is 7.61. The van der Waals surface area contributed by atoms with E-state index in [0.717, 1.165) is 11.1 Å². The zero-order valence-electron chi connectivity index (χ0n) is 19.7. The van der Waals surface area contributed by atoms with Gasteiger partial charge >= 0.3 is 6.09 Å². The van der Waals surface area contributed by atoms with Crippen molar-refractivity contribution in [2.75, 3.05) is 19.5 Å². The summed E-state index contributed by atoms with van der Waals surface area (Å²) < 4.78 is 9.77. The summed E-state index contributed by atoms with van der Waals surface area (Å²) in [7, 11) is 2.88. The molecule has 0 unspecified atom stereocenters. The van der Waals surface area contributed by atoms with Crippen LogP contribution in [0.15, 0.2) is 76.9 Å². The van der Waals surface area contributed by atoms with Crippen molar-refractivity contribution in [1.82, 2.24) is 10.6 Å². The van der Waals surface area contributed by atoms with Gasteiger partial charge in [-0.1, -0.05) is 30.3 Å². The smallest absolute Gasteiger partial charge is 0.411 e. The zero-order valence-corrected chi connectivity index (χ0v) is 19.7. The minimum absolute atomic E-state index is 0.159. The van der Waals surface area contributed by atoms with Gasteiger partial charge in [-0.3, -0.25) is 19.9 Å². The number of hydrogen-bond acceptors (Lipinski definition) is 6. The first kappa shape index (κ1) is 25.2. The topological polar surface area (TPSA) is 118 Å². The Bertz CT molecular complexity index is 1150. The van der Waals surface area contributed by atoms with Crippen molar-refractivity contribution in [3.05, 3.63) is 83.1 Å². The van der Waals surface area contributed by atoms with Gasteiger partial charge < -0.3 is 20.1 Å². The highest BCUT2D eigenvalue weighted by molar-refractivity contribution is 6.01. The predicted octanol–water partition coefficient (Wildman–Crippen LogP) is 3.48. The second-order valence-corrected chi connectivity index (χ2v) is 7.61. The summed E-state index contributed by atoms with van der Waals surface area (Å²) in [4.78, 5) is 41.1. The summed E-state index contributed by atoms with van der Waals surface area (Å²) in [6, 6.07) is 14.4. The molecule has 0 saturated heterocycles. The van der Waals surface area contributed by atoms with E-state index in [-0.39, 0.29) is 24.1 Å². The fraction of sp³-hybridized carbons (Fsp3) is 0.231. The molecule has 0 aliphatic carbocycles. The number of carbonyl (C=O) groups excluding carboxylic acids is 3. The van der Waals surface area contributed by atoms with Crippen LogP contribution in [0.25, 0.3) is 0 Å². The van der Waals surface area contributed by atoms with Gasteiger partial charge in [-0.25, -0.2) is 4.79 Å². The summed E-state index contributed by atoms with van der Waals surface area (Å²) in [6.07, 6.45) is 5.65. The lowest BCUT2D eigenvalue weighted by atomic mass is 10.1. The van der Waals surface area contributed by atoms with E-state index < -0.39 is 6.09 Å².